The second kappa shape index (κ2) is 12.0. The predicted octanol–water partition coefficient (Wildman–Crippen LogP) is 8.22. The lowest BCUT2D eigenvalue weighted by atomic mass is 10.00. The van der Waals surface area contributed by atoms with Crippen LogP contribution in [0.25, 0.3) is 66.5 Å². The second-order valence-corrected chi connectivity index (χ2v) is 10.6. The SMILES string of the molecule is C=CC(=O)Oc1ccc2ccccc2c1-c1nc(-c2c(O)ccc3ccccc23)nc(-c2c(OC(=O)C=C)ccc3ccccc23)n1. The molecule has 1 heterocycles. The molecular formula is C39H25N3O5. The third kappa shape index (κ3) is 5.34. The Morgan fingerprint density at radius 2 is 0.872 bits per heavy atom. The number of carbonyl (C=O) groups excluding carboxylic acids is 2. The Hall–Kier alpha value is -6.67. The molecule has 7 rings (SSSR count). The number of phenolic OH excluding ortho intramolecular Hbond substituents is 1. The lowest BCUT2D eigenvalue weighted by molar-refractivity contribution is -0.129. The van der Waals surface area contributed by atoms with Crippen LogP contribution in [-0.4, -0.2) is 32.0 Å². The fourth-order valence-corrected chi connectivity index (χ4v) is 5.64. The molecule has 0 aliphatic carbocycles. The normalized spacial score (nSPS) is 11.0. The van der Waals surface area contributed by atoms with Crippen LogP contribution in [-0.2, 0) is 9.59 Å². The standard InChI is InChI=1S/C39H25N3O5/c1-3-32(44)46-30-21-18-24-12-6-9-15-27(24)35(30)38-40-37(34-26-14-8-5-11-23(26)17-20-29(34)43)41-39(42-38)36-28-16-10-7-13-25(28)19-22-31(36)47-33(45)4-2/h3-22,43H,1-2H2. The number of aromatic nitrogens is 3. The number of phenols is 1. The maximum atomic E-state index is 12.5. The average molecular weight is 616 g/mol. The van der Waals surface area contributed by atoms with Gasteiger partial charge in [-0.25, -0.2) is 24.5 Å². The molecule has 0 bridgehead atoms. The number of aromatic hydroxyl groups is 1. The number of hydrogen-bond donors (Lipinski definition) is 1. The van der Waals surface area contributed by atoms with Crippen molar-refractivity contribution < 1.29 is 24.2 Å². The molecule has 7 aromatic rings. The molecule has 8 nitrogen and oxygen atoms in total. The maximum Gasteiger partial charge on any atom is 0.335 e. The van der Waals surface area contributed by atoms with Gasteiger partial charge >= 0.3 is 11.9 Å². The van der Waals surface area contributed by atoms with Gasteiger partial charge in [0.1, 0.15) is 17.2 Å². The van der Waals surface area contributed by atoms with Gasteiger partial charge in [0, 0.05) is 12.2 Å². The van der Waals surface area contributed by atoms with Gasteiger partial charge in [0.05, 0.1) is 16.7 Å². The van der Waals surface area contributed by atoms with Gasteiger partial charge in [-0.1, -0.05) is 104 Å². The summed E-state index contributed by atoms with van der Waals surface area (Å²) in [5.74, 6) is -0.470. The number of nitrogens with zero attached hydrogens (tertiary/aromatic N) is 3. The molecule has 0 amide bonds. The van der Waals surface area contributed by atoms with Crippen molar-refractivity contribution in [1.29, 1.82) is 0 Å². The quantitative estimate of drug-likeness (QED) is 0.108. The highest BCUT2D eigenvalue weighted by atomic mass is 16.5. The van der Waals surface area contributed by atoms with Gasteiger partial charge in [-0.15, -0.1) is 0 Å². The minimum Gasteiger partial charge on any atom is -0.507 e. The molecule has 0 fully saturated rings. The van der Waals surface area contributed by atoms with Crippen LogP contribution >= 0.6 is 0 Å². The van der Waals surface area contributed by atoms with E-state index in [0.717, 1.165) is 28.3 Å². The van der Waals surface area contributed by atoms with E-state index in [-0.39, 0.29) is 34.7 Å². The van der Waals surface area contributed by atoms with Crippen molar-refractivity contribution in [2.45, 2.75) is 0 Å². The van der Waals surface area contributed by atoms with E-state index < -0.39 is 11.9 Å². The fraction of sp³-hybridized carbons (Fsp3) is 0. The fourth-order valence-electron chi connectivity index (χ4n) is 5.64. The van der Waals surface area contributed by atoms with E-state index in [4.69, 9.17) is 24.4 Å². The topological polar surface area (TPSA) is 112 Å². The number of hydrogen-bond acceptors (Lipinski definition) is 8. The highest BCUT2D eigenvalue weighted by Gasteiger charge is 2.24. The first-order valence-electron chi connectivity index (χ1n) is 14.6. The summed E-state index contributed by atoms with van der Waals surface area (Å²) in [6, 6.07) is 33.1. The minimum absolute atomic E-state index is 0.0424. The van der Waals surface area contributed by atoms with Crippen LogP contribution in [0.1, 0.15) is 0 Å². The molecule has 0 aliphatic heterocycles. The first kappa shape index (κ1) is 29.1. The van der Waals surface area contributed by atoms with Crippen LogP contribution in [0.2, 0.25) is 0 Å². The van der Waals surface area contributed by atoms with Crippen molar-refractivity contribution in [3.63, 3.8) is 0 Å². The number of esters is 2. The molecule has 47 heavy (non-hydrogen) atoms. The third-order valence-corrected chi connectivity index (χ3v) is 7.75. The Bertz CT molecular complexity index is 2290. The predicted molar refractivity (Wildman–Crippen MR) is 182 cm³/mol. The lowest BCUT2D eigenvalue weighted by Gasteiger charge is -2.16. The summed E-state index contributed by atoms with van der Waals surface area (Å²) < 4.78 is 11.4. The van der Waals surface area contributed by atoms with Gasteiger partial charge in [-0.05, 0) is 50.5 Å². The maximum absolute atomic E-state index is 12.5. The Labute approximate surface area is 268 Å². The lowest BCUT2D eigenvalue weighted by Crippen LogP contribution is -2.08. The molecule has 8 heteroatoms. The molecule has 0 unspecified atom stereocenters. The van der Waals surface area contributed by atoms with Crippen molar-refractivity contribution in [2.24, 2.45) is 0 Å². The number of rotatable bonds is 7. The molecule has 1 N–H and O–H groups in total. The first-order chi connectivity index (χ1) is 22.9. The summed E-state index contributed by atoms with van der Waals surface area (Å²) in [5, 5.41) is 16.0. The van der Waals surface area contributed by atoms with Crippen molar-refractivity contribution >= 4 is 44.3 Å². The molecule has 0 radical (unpaired) electrons. The van der Waals surface area contributed by atoms with Crippen molar-refractivity contribution in [3.05, 3.63) is 135 Å². The molecule has 0 saturated heterocycles. The Morgan fingerprint density at radius 1 is 0.511 bits per heavy atom. The van der Waals surface area contributed by atoms with Gasteiger partial charge < -0.3 is 14.6 Å². The Balaban J connectivity index is 1.62. The molecule has 6 aromatic carbocycles. The average Bonchev–Trinajstić information content (AvgIpc) is 3.11. The van der Waals surface area contributed by atoms with E-state index in [2.05, 4.69) is 13.2 Å². The van der Waals surface area contributed by atoms with Crippen molar-refractivity contribution in [1.82, 2.24) is 15.0 Å². The second-order valence-electron chi connectivity index (χ2n) is 10.6. The van der Waals surface area contributed by atoms with Gasteiger partial charge in [0.25, 0.3) is 0 Å². The Morgan fingerprint density at radius 3 is 1.30 bits per heavy atom. The van der Waals surface area contributed by atoms with Gasteiger partial charge in [-0.3, -0.25) is 0 Å². The van der Waals surface area contributed by atoms with Crippen LogP contribution in [0, 0.1) is 0 Å². The van der Waals surface area contributed by atoms with Crippen molar-refractivity contribution in [3.8, 4) is 51.4 Å². The van der Waals surface area contributed by atoms with E-state index in [1.54, 1.807) is 18.2 Å². The van der Waals surface area contributed by atoms with Crippen LogP contribution < -0.4 is 9.47 Å². The highest BCUT2D eigenvalue weighted by Crippen LogP contribution is 2.42. The molecule has 0 aliphatic rings. The molecule has 0 atom stereocenters. The van der Waals surface area contributed by atoms with E-state index in [0.29, 0.717) is 32.8 Å². The van der Waals surface area contributed by atoms with Crippen LogP contribution in [0.3, 0.4) is 0 Å². The monoisotopic (exact) mass is 615 g/mol. The van der Waals surface area contributed by atoms with Gasteiger partial charge in [0.2, 0.25) is 0 Å². The number of benzene rings is 6. The highest BCUT2D eigenvalue weighted by molar-refractivity contribution is 6.03. The summed E-state index contributed by atoms with van der Waals surface area (Å²) in [5.41, 5.74) is 1.23. The van der Waals surface area contributed by atoms with E-state index in [1.807, 2.05) is 91.0 Å². The van der Waals surface area contributed by atoms with E-state index in [1.165, 1.54) is 0 Å². The summed E-state index contributed by atoms with van der Waals surface area (Å²) in [6.07, 6.45) is 2.15. The summed E-state index contributed by atoms with van der Waals surface area (Å²) in [6.45, 7) is 7.09. The molecule has 226 valence electrons. The minimum atomic E-state index is -0.657. The van der Waals surface area contributed by atoms with Gasteiger partial charge in [-0.2, -0.15) is 0 Å². The van der Waals surface area contributed by atoms with Crippen LogP contribution in [0.15, 0.2) is 135 Å². The first-order valence-corrected chi connectivity index (χ1v) is 14.6. The molecule has 1 aromatic heterocycles. The molecule has 0 saturated carbocycles. The van der Waals surface area contributed by atoms with Crippen LogP contribution in [0.4, 0.5) is 0 Å². The van der Waals surface area contributed by atoms with Crippen LogP contribution in [0.5, 0.6) is 17.2 Å². The number of fused-ring (bicyclic) bond motifs is 3. The third-order valence-electron chi connectivity index (χ3n) is 7.75. The Kier molecular flexibility index (Phi) is 7.43. The summed E-state index contributed by atoms with van der Waals surface area (Å²) in [7, 11) is 0. The number of ether oxygens (including phenoxy) is 2. The molecule has 0 spiro atoms. The van der Waals surface area contributed by atoms with E-state index in [9.17, 15) is 14.7 Å². The smallest absolute Gasteiger partial charge is 0.335 e. The van der Waals surface area contributed by atoms with E-state index >= 15 is 0 Å². The van der Waals surface area contributed by atoms with Gasteiger partial charge in [0.15, 0.2) is 17.5 Å². The largest absolute Gasteiger partial charge is 0.507 e. The zero-order valence-corrected chi connectivity index (χ0v) is 24.9. The summed E-state index contributed by atoms with van der Waals surface area (Å²) >= 11 is 0. The number of carbonyl (C=O) groups is 2. The summed E-state index contributed by atoms with van der Waals surface area (Å²) in [4.78, 5) is 39.8. The zero-order valence-electron chi connectivity index (χ0n) is 24.9. The molecular weight excluding hydrogens is 590 g/mol. The van der Waals surface area contributed by atoms with Crippen molar-refractivity contribution in [2.75, 3.05) is 0 Å². The zero-order chi connectivity index (χ0) is 32.5.